The Morgan fingerprint density at radius 3 is 2.45 bits per heavy atom. The number of carbonyl (C=O) groups excluding carboxylic acids is 1. The number of hydrogen-bond acceptors (Lipinski definition) is 3. The van der Waals surface area contributed by atoms with Gasteiger partial charge < -0.3 is 16.2 Å². The second-order valence-electron chi connectivity index (χ2n) is 3.91. The molecule has 0 aliphatic carbocycles. The number of amides is 1. The van der Waals surface area contributed by atoms with E-state index in [-0.39, 0.29) is 27.2 Å². The van der Waals surface area contributed by atoms with E-state index in [1.165, 1.54) is 18.2 Å². The number of nitrogen functional groups attached to an aromatic ring is 1. The number of rotatable bonds is 3. The molecule has 0 atom stereocenters. The first-order valence-corrected chi connectivity index (χ1v) is 6.19. The summed E-state index contributed by atoms with van der Waals surface area (Å²) in [5.74, 6) is -2.17. The molecule has 7 heteroatoms. The van der Waals surface area contributed by atoms with E-state index in [4.69, 9.17) is 16.2 Å². The van der Waals surface area contributed by atoms with E-state index in [2.05, 4.69) is 15.9 Å². The minimum atomic E-state index is -0.886. The number of carbonyl (C=O) groups is 1. The minimum Gasteiger partial charge on any atom is -0.455 e. The number of hydrogen-bond donors (Lipinski definition) is 2. The first-order chi connectivity index (χ1) is 9.38. The molecular formula is C13H9BrF2N2O2. The van der Waals surface area contributed by atoms with E-state index < -0.39 is 17.5 Å². The van der Waals surface area contributed by atoms with Crippen molar-refractivity contribution in [1.29, 1.82) is 0 Å². The number of ether oxygens (including phenoxy) is 1. The topological polar surface area (TPSA) is 78.3 Å². The molecule has 0 unspecified atom stereocenters. The van der Waals surface area contributed by atoms with Crippen LogP contribution in [-0.4, -0.2) is 5.91 Å². The highest BCUT2D eigenvalue weighted by Crippen LogP contribution is 2.32. The zero-order valence-corrected chi connectivity index (χ0v) is 11.6. The summed E-state index contributed by atoms with van der Waals surface area (Å²) >= 11 is 2.98. The smallest absolute Gasteiger partial charge is 0.251 e. The van der Waals surface area contributed by atoms with Gasteiger partial charge in [-0.3, -0.25) is 4.79 Å². The molecule has 20 heavy (non-hydrogen) atoms. The van der Waals surface area contributed by atoms with Gasteiger partial charge in [0.25, 0.3) is 5.91 Å². The van der Waals surface area contributed by atoms with Gasteiger partial charge in [0.15, 0.2) is 5.75 Å². The van der Waals surface area contributed by atoms with Gasteiger partial charge in [-0.05, 0) is 34.1 Å². The van der Waals surface area contributed by atoms with Gasteiger partial charge in [0, 0.05) is 12.1 Å². The summed E-state index contributed by atoms with van der Waals surface area (Å²) in [5, 5.41) is 0. The van der Waals surface area contributed by atoms with Gasteiger partial charge in [-0.15, -0.1) is 0 Å². The molecule has 2 rings (SSSR count). The third-order valence-corrected chi connectivity index (χ3v) is 3.09. The molecule has 2 aromatic rings. The molecule has 0 aliphatic heterocycles. The monoisotopic (exact) mass is 342 g/mol. The van der Waals surface area contributed by atoms with Crippen LogP contribution in [0.4, 0.5) is 14.5 Å². The number of anilines is 1. The third kappa shape index (κ3) is 2.88. The maximum atomic E-state index is 13.6. The third-order valence-electron chi connectivity index (χ3n) is 2.49. The summed E-state index contributed by atoms with van der Waals surface area (Å²) in [5.41, 5.74) is 10.6. The van der Waals surface area contributed by atoms with Crippen molar-refractivity contribution in [2.75, 3.05) is 5.73 Å². The van der Waals surface area contributed by atoms with Crippen LogP contribution in [0.5, 0.6) is 11.5 Å². The lowest BCUT2D eigenvalue weighted by atomic mass is 10.2. The van der Waals surface area contributed by atoms with Crippen molar-refractivity contribution in [2.24, 2.45) is 5.73 Å². The van der Waals surface area contributed by atoms with Gasteiger partial charge in [0.2, 0.25) is 0 Å². The fourth-order valence-corrected chi connectivity index (χ4v) is 1.88. The average Bonchev–Trinajstić information content (AvgIpc) is 2.35. The molecule has 4 nitrogen and oxygen atoms in total. The lowest BCUT2D eigenvalue weighted by Gasteiger charge is -2.10. The predicted octanol–water partition coefficient (Wildman–Crippen LogP) is 3.20. The highest BCUT2D eigenvalue weighted by molar-refractivity contribution is 9.10. The Balaban J connectivity index is 2.33. The number of benzene rings is 2. The number of halogens is 3. The van der Waals surface area contributed by atoms with E-state index in [9.17, 15) is 13.6 Å². The van der Waals surface area contributed by atoms with Crippen LogP contribution in [0.15, 0.2) is 34.8 Å². The van der Waals surface area contributed by atoms with Crippen LogP contribution in [0.3, 0.4) is 0 Å². The molecule has 0 radical (unpaired) electrons. The molecule has 0 saturated carbocycles. The van der Waals surface area contributed by atoms with Gasteiger partial charge >= 0.3 is 0 Å². The fourth-order valence-electron chi connectivity index (χ4n) is 1.52. The quantitative estimate of drug-likeness (QED) is 0.840. The fraction of sp³-hybridized carbons (Fsp3) is 0. The summed E-state index contributed by atoms with van der Waals surface area (Å²) in [6.07, 6.45) is 0. The van der Waals surface area contributed by atoms with Crippen LogP contribution in [0.25, 0.3) is 0 Å². The SMILES string of the molecule is NC(=O)c1ccc(Oc2cc(F)c(Br)cc2N)cc1F. The number of primary amides is 1. The second kappa shape index (κ2) is 5.46. The molecule has 2 aromatic carbocycles. The maximum Gasteiger partial charge on any atom is 0.251 e. The Bertz CT molecular complexity index is 692. The normalized spacial score (nSPS) is 10.3. The molecule has 0 spiro atoms. The van der Waals surface area contributed by atoms with Crippen LogP contribution >= 0.6 is 15.9 Å². The van der Waals surface area contributed by atoms with Crippen LogP contribution in [-0.2, 0) is 0 Å². The molecule has 0 bridgehead atoms. The Kier molecular flexibility index (Phi) is 3.89. The molecule has 1 amide bonds. The Morgan fingerprint density at radius 1 is 1.15 bits per heavy atom. The van der Waals surface area contributed by atoms with Crippen LogP contribution in [0.1, 0.15) is 10.4 Å². The first-order valence-electron chi connectivity index (χ1n) is 5.40. The highest BCUT2D eigenvalue weighted by atomic mass is 79.9. The standard InChI is InChI=1S/C13H9BrF2N2O2/c14-8-4-11(17)12(5-10(8)16)20-6-1-2-7(13(18)19)9(15)3-6/h1-5H,17H2,(H2,18,19). The lowest BCUT2D eigenvalue weighted by Crippen LogP contribution is -2.12. The van der Waals surface area contributed by atoms with Crippen molar-refractivity contribution in [2.45, 2.75) is 0 Å². The molecule has 0 aliphatic rings. The summed E-state index contributed by atoms with van der Waals surface area (Å²) in [4.78, 5) is 10.9. The lowest BCUT2D eigenvalue weighted by molar-refractivity contribution is 0.0996. The van der Waals surface area contributed by atoms with E-state index in [0.717, 1.165) is 12.1 Å². The first kappa shape index (κ1) is 14.3. The van der Waals surface area contributed by atoms with Gasteiger partial charge in [0.1, 0.15) is 17.4 Å². The number of nitrogens with two attached hydrogens (primary N) is 2. The molecule has 0 aromatic heterocycles. The van der Waals surface area contributed by atoms with E-state index in [0.29, 0.717) is 0 Å². The maximum absolute atomic E-state index is 13.6. The van der Waals surface area contributed by atoms with Crippen molar-refractivity contribution < 1.29 is 18.3 Å². The molecule has 0 saturated heterocycles. The minimum absolute atomic E-state index is 0.0388. The van der Waals surface area contributed by atoms with E-state index in [1.54, 1.807) is 0 Å². The summed E-state index contributed by atoms with van der Waals surface area (Å²) in [6.45, 7) is 0. The molecule has 4 N–H and O–H groups in total. The van der Waals surface area contributed by atoms with Crippen LogP contribution in [0.2, 0.25) is 0 Å². The molecule has 104 valence electrons. The molecule has 0 heterocycles. The molecule has 0 fully saturated rings. The van der Waals surface area contributed by atoms with Gasteiger partial charge in [0.05, 0.1) is 15.7 Å². The Hall–Kier alpha value is -2.15. The van der Waals surface area contributed by atoms with Crippen molar-refractivity contribution in [3.63, 3.8) is 0 Å². The van der Waals surface area contributed by atoms with Crippen LogP contribution < -0.4 is 16.2 Å². The van der Waals surface area contributed by atoms with E-state index >= 15 is 0 Å². The summed E-state index contributed by atoms with van der Waals surface area (Å²) in [7, 11) is 0. The second-order valence-corrected chi connectivity index (χ2v) is 4.77. The van der Waals surface area contributed by atoms with Crippen molar-refractivity contribution >= 4 is 27.5 Å². The zero-order chi connectivity index (χ0) is 14.9. The van der Waals surface area contributed by atoms with E-state index in [1.807, 2.05) is 0 Å². The Labute approximate surface area is 121 Å². The van der Waals surface area contributed by atoms with Crippen molar-refractivity contribution in [3.8, 4) is 11.5 Å². The van der Waals surface area contributed by atoms with Gasteiger partial charge in [-0.2, -0.15) is 0 Å². The molecular weight excluding hydrogens is 334 g/mol. The zero-order valence-electron chi connectivity index (χ0n) is 9.99. The van der Waals surface area contributed by atoms with Gasteiger partial charge in [-0.1, -0.05) is 0 Å². The largest absolute Gasteiger partial charge is 0.455 e. The highest BCUT2D eigenvalue weighted by Gasteiger charge is 2.12. The Morgan fingerprint density at radius 2 is 1.85 bits per heavy atom. The van der Waals surface area contributed by atoms with Crippen LogP contribution in [0, 0.1) is 11.6 Å². The predicted molar refractivity (Wildman–Crippen MR) is 73.5 cm³/mol. The van der Waals surface area contributed by atoms with Crippen molar-refractivity contribution in [3.05, 3.63) is 52.0 Å². The van der Waals surface area contributed by atoms with Gasteiger partial charge in [-0.25, -0.2) is 8.78 Å². The summed E-state index contributed by atoms with van der Waals surface area (Å²) in [6, 6.07) is 5.89. The summed E-state index contributed by atoms with van der Waals surface area (Å²) < 4.78 is 32.4. The average molecular weight is 343 g/mol. The van der Waals surface area contributed by atoms with Crippen molar-refractivity contribution in [1.82, 2.24) is 0 Å².